The fourth-order valence-corrected chi connectivity index (χ4v) is 3.38. The molecule has 0 aliphatic carbocycles. The SMILES string of the molecule is O=C1COc2ccc(Nc3nc(Nc4ccc(N5CCOCC5)cc4)ncc3F)nc2N1. The summed E-state index contributed by atoms with van der Waals surface area (Å²) in [6, 6.07) is 11.1. The zero-order chi connectivity index (χ0) is 21.9. The number of nitrogens with one attached hydrogen (secondary N) is 3. The lowest BCUT2D eigenvalue weighted by Gasteiger charge is -2.28. The van der Waals surface area contributed by atoms with E-state index in [1.54, 1.807) is 12.1 Å². The van der Waals surface area contributed by atoms with Gasteiger partial charge in [-0.15, -0.1) is 0 Å². The summed E-state index contributed by atoms with van der Waals surface area (Å²) < 4.78 is 25.0. The molecule has 2 aromatic heterocycles. The molecule has 164 valence electrons. The summed E-state index contributed by atoms with van der Waals surface area (Å²) in [6.45, 7) is 3.09. The molecule has 5 rings (SSSR count). The van der Waals surface area contributed by atoms with Gasteiger partial charge in [0.15, 0.2) is 29.8 Å². The maximum absolute atomic E-state index is 14.3. The van der Waals surface area contributed by atoms with Gasteiger partial charge < -0.3 is 30.3 Å². The average Bonchev–Trinajstić information content (AvgIpc) is 2.82. The molecule has 32 heavy (non-hydrogen) atoms. The Morgan fingerprint density at radius 3 is 2.66 bits per heavy atom. The van der Waals surface area contributed by atoms with Gasteiger partial charge in [0, 0.05) is 24.5 Å². The number of carbonyl (C=O) groups excluding carboxylic acids is 1. The number of hydrogen-bond acceptors (Lipinski definition) is 9. The van der Waals surface area contributed by atoms with E-state index in [1.165, 1.54) is 0 Å². The van der Waals surface area contributed by atoms with Crippen LogP contribution in [0.1, 0.15) is 0 Å². The number of aromatic nitrogens is 3. The second-order valence-electron chi connectivity index (χ2n) is 7.17. The number of pyridine rings is 1. The number of carbonyl (C=O) groups is 1. The standard InChI is InChI=1S/C21H20FN7O3/c22-15-11-23-21(24-13-1-3-14(4-2-13)29-7-9-31-10-8-29)28-19(15)25-17-6-5-16-20(26-17)27-18(30)12-32-16/h1-6,11H,7-10,12H2,(H3,23,24,25,26,27,28,30). The van der Waals surface area contributed by atoms with Crippen LogP contribution in [0.15, 0.2) is 42.6 Å². The summed E-state index contributed by atoms with van der Waals surface area (Å²) >= 11 is 0. The monoisotopic (exact) mass is 437 g/mol. The van der Waals surface area contributed by atoms with E-state index >= 15 is 0 Å². The predicted molar refractivity (Wildman–Crippen MR) is 116 cm³/mol. The molecule has 0 radical (unpaired) electrons. The topological polar surface area (TPSA) is 114 Å². The van der Waals surface area contributed by atoms with Crippen LogP contribution in [0.4, 0.5) is 39.2 Å². The van der Waals surface area contributed by atoms with Crippen LogP contribution >= 0.6 is 0 Å². The van der Waals surface area contributed by atoms with E-state index in [0.29, 0.717) is 11.6 Å². The lowest BCUT2D eigenvalue weighted by molar-refractivity contribution is -0.118. The second kappa shape index (κ2) is 8.63. The van der Waals surface area contributed by atoms with Crippen LogP contribution in [0.5, 0.6) is 5.75 Å². The van der Waals surface area contributed by atoms with Crippen LogP contribution in [0, 0.1) is 5.82 Å². The lowest BCUT2D eigenvalue weighted by atomic mass is 10.2. The highest BCUT2D eigenvalue weighted by atomic mass is 19.1. The first-order valence-electron chi connectivity index (χ1n) is 10.1. The van der Waals surface area contributed by atoms with Gasteiger partial charge in [0.25, 0.3) is 5.91 Å². The van der Waals surface area contributed by atoms with E-state index in [9.17, 15) is 9.18 Å². The van der Waals surface area contributed by atoms with E-state index in [-0.39, 0.29) is 30.1 Å². The van der Waals surface area contributed by atoms with E-state index in [2.05, 4.69) is 35.8 Å². The highest BCUT2D eigenvalue weighted by molar-refractivity contribution is 5.94. The van der Waals surface area contributed by atoms with Gasteiger partial charge in [0.05, 0.1) is 19.4 Å². The van der Waals surface area contributed by atoms with Crippen molar-refractivity contribution >= 4 is 40.7 Å². The fraction of sp³-hybridized carbons (Fsp3) is 0.238. The summed E-state index contributed by atoms with van der Waals surface area (Å²) in [4.78, 5) is 26.2. The van der Waals surface area contributed by atoms with Gasteiger partial charge in [-0.3, -0.25) is 4.79 Å². The lowest BCUT2D eigenvalue weighted by Crippen LogP contribution is -2.36. The minimum atomic E-state index is -0.641. The third-order valence-electron chi connectivity index (χ3n) is 4.97. The van der Waals surface area contributed by atoms with Gasteiger partial charge >= 0.3 is 0 Å². The molecule has 1 saturated heterocycles. The first-order valence-corrected chi connectivity index (χ1v) is 10.1. The van der Waals surface area contributed by atoms with Crippen LogP contribution < -0.4 is 25.6 Å². The molecule has 1 fully saturated rings. The Bertz CT molecular complexity index is 1140. The molecular formula is C21H20FN7O3. The summed E-state index contributed by atoms with van der Waals surface area (Å²) in [5.41, 5.74) is 1.88. The third-order valence-corrected chi connectivity index (χ3v) is 4.97. The van der Waals surface area contributed by atoms with E-state index in [4.69, 9.17) is 9.47 Å². The van der Waals surface area contributed by atoms with Crippen molar-refractivity contribution in [3.05, 3.63) is 48.4 Å². The number of halogens is 1. The zero-order valence-electron chi connectivity index (χ0n) is 17.0. The molecule has 3 N–H and O–H groups in total. The van der Waals surface area contributed by atoms with Gasteiger partial charge in [-0.05, 0) is 36.4 Å². The van der Waals surface area contributed by atoms with Crippen molar-refractivity contribution in [1.82, 2.24) is 15.0 Å². The quantitative estimate of drug-likeness (QED) is 0.554. The fourth-order valence-electron chi connectivity index (χ4n) is 3.38. The number of hydrogen-bond donors (Lipinski definition) is 3. The number of rotatable bonds is 5. The molecule has 4 heterocycles. The molecule has 3 aromatic rings. The normalized spacial score (nSPS) is 15.4. The van der Waals surface area contributed by atoms with Crippen LogP contribution in [-0.2, 0) is 9.53 Å². The number of ether oxygens (including phenoxy) is 2. The predicted octanol–water partition coefficient (Wildman–Crippen LogP) is 2.67. The van der Waals surface area contributed by atoms with E-state index in [0.717, 1.165) is 43.9 Å². The Morgan fingerprint density at radius 2 is 1.84 bits per heavy atom. The van der Waals surface area contributed by atoms with Crippen LogP contribution in [-0.4, -0.2) is 53.8 Å². The Hall–Kier alpha value is -3.99. The third kappa shape index (κ3) is 4.37. The molecule has 0 atom stereocenters. The highest BCUT2D eigenvalue weighted by Crippen LogP contribution is 2.28. The number of nitrogens with zero attached hydrogens (tertiary/aromatic N) is 4. The van der Waals surface area contributed by atoms with Gasteiger partial charge in [-0.25, -0.2) is 14.4 Å². The number of amides is 1. The van der Waals surface area contributed by atoms with Crippen molar-refractivity contribution in [2.24, 2.45) is 0 Å². The minimum absolute atomic E-state index is 0.0528. The Kier molecular flexibility index (Phi) is 5.38. The summed E-state index contributed by atoms with van der Waals surface area (Å²) in [6.07, 6.45) is 1.07. The van der Waals surface area contributed by atoms with Gasteiger partial charge in [-0.2, -0.15) is 4.98 Å². The summed E-state index contributed by atoms with van der Waals surface area (Å²) in [7, 11) is 0. The minimum Gasteiger partial charge on any atom is -0.480 e. The zero-order valence-corrected chi connectivity index (χ0v) is 17.0. The Morgan fingerprint density at radius 1 is 1.03 bits per heavy atom. The van der Waals surface area contributed by atoms with Crippen molar-refractivity contribution in [2.75, 3.05) is 53.8 Å². The number of benzene rings is 1. The molecular weight excluding hydrogens is 417 g/mol. The highest BCUT2D eigenvalue weighted by Gasteiger charge is 2.18. The number of fused-ring (bicyclic) bond motifs is 1. The molecule has 11 heteroatoms. The van der Waals surface area contributed by atoms with Crippen molar-refractivity contribution in [3.63, 3.8) is 0 Å². The average molecular weight is 437 g/mol. The maximum atomic E-state index is 14.3. The van der Waals surface area contributed by atoms with Crippen molar-refractivity contribution in [2.45, 2.75) is 0 Å². The van der Waals surface area contributed by atoms with E-state index in [1.807, 2.05) is 24.3 Å². The Labute approximate surface area is 182 Å². The molecule has 0 unspecified atom stereocenters. The van der Waals surface area contributed by atoms with Crippen molar-refractivity contribution in [3.8, 4) is 5.75 Å². The summed E-state index contributed by atoms with van der Waals surface area (Å²) in [5.74, 6) is 0.235. The molecule has 0 spiro atoms. The molecule has 1 aromatic carbocycles. The molecule has 0 saturated carbocycles. The first-order chi connectivity index (χ1) is 15.6. The molecule has 2 aliphatic rings. The maximum Gasteiger partial charge on any atom is 0.263 e. The van der Waals surface area contributed by atoms with E-state index < -0.39 is 5.82 Å². The van der Waals surface area contributed by atoms with Crippen molar-refractivity contribution in [1.29, 1.82) is 0 Å². The van der Waals surface area contributed by atoms with Crippen LogP contribution in [0.25, 0.3) is 0 Å². The van der Waals surface area contributed by atoms with Gasteiger partial charge in [0.1, 0.15) is 5.82 Å². The van der Waals surface area contributed by atoms with Crippen molar-refractivity contribution < 1.29 is 18.7 Å². The number of morpholine rings is 1. The Balaban J connectivity index is 1.30. The molecule has 0 bridgehead atoms. The smallest absolute Gasteiger partial charge is 0.263 e. The van der Waals surface area contributed by atoms with Crippen LogP contribution in [0.3, 0.4) is 0 Å². The van der Waals surface area contributed by atoms with Gasteiger partial charge in [-0.1, -0.05) is 0 Å². The summed E-state index contributed by atoms with van der Waals surface area (Å²) in [5, 5.41) is 8.50. The molecule has 10 nitrogen and oxygen atoms in total. The van der Waals surface area contributed by atoms with Crippen LogP contribution in [0.2, 0.25) is 0 Å². The first kappa shape index (κ1) is 19.9. The molecule has 2 aliphatic heterocycles. The molecule has 1 amide bonds. The van der Waals surface area contributed by atoms with Gasteiger partial charge in [0.2, 0.25) is 5.95 Å². The number of anilines is 6. The second-order valence-corrected chi connectivity index (χ2v) is 7.17. The largest absolute Gasteiger partial charge is 0.480 e.